The fraction of sp³-hybridized carbons (Fsp3) is 0. The van der Waals surface area contributed by atoms with Gasteiger partial charge in [0.05, 0.1) is 12.5 Å². The van der Waals surface area contributed by atoms with Gasteiger partial charge in [-0.1, -0.05) is 60.7 Å². The molecule has 0 atom stereocenters. The molecule has 1 heterocycles. The van der Waals surface area contributed by atoms with E-state index in [1.54, 1.807) is 0 Å². The van der Waals surface area contributed by atoms with E-state index in [1.807, 2.05) is 12.1 Å². The van der Waals surface area contributed by atoms with Gasteiger partial charge >= 0.3 is 5.97 Å². The molecule has 0 aliphatic heterocycles. The first-order valence-electron chi connectivity index (χ1n) is 6.09. The molecule has 0 unspecified atom stereocenters. The fourth-order valence-corrected chi connectivity index (χ4v) is 1.63. The van der Waals surface area contributed by atoms with Gasteiger partial charge in [0, 0.05) is 0 Å². The van der Waals surface area contributed by atoms with E-state index in [9.17, 15) is 4.79 Å². The molecule has 0 spiro atoms. The number of carboxylic acid groups (broad SMARTS) is 1. The van der Waals surface area contributed by atoms with Gasteiger partial charge in [0.1, 0.15) is 5.69 Å². The van der Waals surface area contributed by atoms with Crippen molar-refractivity contribution in [1.82, 2.24) is 9.97 Å². The highest BCUT2D eigenvalue weighted by atomic mass is 16.4. The maximum absolute atomic E-state index is 9.99. The minimum Gasteiger partial charge on any atom is -0.477 e. The summed E-state index contributed by atoms with van der Waals surface area (Å²) >= 11 is 0. The molecule has 0 saturated carbocycles. The number of nitrogens with zero attached hydrogens (tertiary/aromatic N) is 1. The van der Waals surface area contributed by atoms with Crippen LogP contribution in [0, 0.1) is 0 Å². The molecular formula is C16H14N2O2. The van der Waals surface area contributed by atoms with Gasteiger partial charge in [0.2, 0.25) is 0 Å². The smallest absolute Gasteiger partial charge is 0.353 e. The van der Waals surface area contributed by atoms with Crippen LogP contribution >= 0.6 is 0 Å². The third kappa shape index (κ3) is 3.81. The second kappa shape index (κ2) is 6.89. The van der Waals surface area contributed by atoms with Gasteiger partial charge in [-0.25, -0.2) is 9.78 Å². The van der Waals surface area contributed by atoms with Crippen molar-refractivity contribution in [3.8, 4) is 11.1 Å². The molecule has 0 saturated heterocycles. The molecule has 1 aromatic heterocycles. The van der Waals surface area contributed by atoms with E-state index >= 15 is 0 Å². The number of benzene rings is 2. The summed E-state index contributed by atoms with van der Waals surface area (Å²) in [5, 5.41) is 8.20. The predicted molar refractivity (Wildman–Crippen MR) is 77.4 cm³/mol. The number of imidazole rings is 1. The minimum atomic E-state index is -0.984. The van der Waals surface area contributed by atoms with Crippen LogP contribution in [0.2, 0.25) is 0 Å². The van der Waals surface area contributed by atoms with Crippen LogP contribution in [-0.4, -0.2) is 21.0 Å². The lowest BCUT2D eigenvalue weighted by molar-refractivity contribution is 0.0691. The van der Waals surface area contributed by atoms with Crippen LogP contribution in [-0.2, 0) is 0 Å². The number of carboxylic acids is 1. The van der Waals surface area contributed by atoms with Gasteiger partial charge in [-0.15, -0.1) is 0 Å². The summed E-state index contributed by atoms with van der Waals surface area (Å²) in [4.78, 5) is 15.9. The SMILES string of the molecule is O=C(O)c1cnc[nH]1.c1ccc(-c2ccccc2)cc1. The Kier molecular flexibility index (Phi) is 4.67. The van der Waals surface area contributed by atoms with Gasteiger partial charge in [-0.05, 0) is 11.1 Å². The maximum Gasteiger partial charge on any atom is 0.353 e. The van der Waals surface area contributed by atoms with Crippen LogP contribution in [0.25, 0.3) is 11.1 Å². The van der Waals surface area contributed by atoms with E-state index in [1.165, 1.54) is 23.7 Å². The maximum atomic E-state index is 9.99. The minimum absolute atomic E-state index is 0.116. The number of nitrogens with one attached hydrogen (secondary N) is 1. The quantitative estimate of drug-likeness (QED) is 0.746. The van der Waals surface area contributed by atoms with Crippen LogP contribution in [0.1, 0.15) is 10.5 Å². The molecule has 2 aromatic carbocycles. The van der Waals surface area contributed by atoms with E-state index in [4.69, 9.17) is 5.11 Å². The largest absolute Gasteiger partial charge is 0.477 e. The van der Waals surface area contributed by atoms with E-state index in [-0.39, 0.29) is 5.69 Å². The Labute approximate surface area is 116 Å². The highest BCUT2D eigenvalue weighted by Crippen LogP contribution is 2.17. The average Bonchev–Trinajstić information content (AvgIpc) is 3.04. The standard InChI is InChI=1S/C12H10.C4H4N2O2/c1-3-7-11(8-4-1)12-9-5-2-6-10-12;7-4(8)3-1-5-2-6-3/h1-10H;1-2H,(H,5,6)(H,7,8). The van der Waals surface area contributed by atoms with E-state index in [0.717, 1.165) is 0 Å². The summed E-state index contributed by atoms with van der Waals surface area (Å²) in [6.07, 6.45) is 2.58. The topological polar surface area (TPSA) is 66.0 Å². The second-order valence-electron chi connectivity index (χ2n) is 4.00. The number of hydrogen-bond donors (Lipinski definition) is 2. The van der Waals surface area contributed by atoms with Crippen molar-refractivity contribution in [2.24, 2.45) is 0 Å². The fourth-order valence-electron chi connectivity index (χ4n) is 1.63. The Morgan fingerprint density at radius 1 is 0.900 bits per heavy atom. The molecule has 4 heteroatoms. The molecule has 0 amide bonds. The summed E-state index contributed by atoms with van der Waals surface area (Å²) in [6.45, 7) is 0. The molecular weight excluding hydrogens is 252 g/mol. The Bertz CT molecular complexity index is 597. The molecule has 2 N–H and O–H groups in total. The lowest BCUT2D eigenvalue weighted by atomic mass is 10.1. The summed E-state index contributed by atoms with van der Waals surface area (Å²) in [5.41, 5.74) is 2.67. The van der Waals surface area contributed by atoms with E-state index in [0.29, 0.717) is 0 Å². The van der Waals surface area contributed by atoms with Gasteiger partial charge in [0.15, 0.2) is 0 Å². The Hall–Kier alpha value is -2.88. The molecule has 0 radical (unpaired) electrons. The molecule has 100 valence electrons. The molecule has 3 aromatic rings. The second-order valence-corrected chi connectivity index (χ2v) is 4.00. The lowest BCUT2D eigenvalue weighted by Gasteiger charge is -1.98. The van der Waals surface area contributed by atoms with Gasteiger partial charge < -0.3 is 10.1 Å². The first-order valence-corrected chi connectivity index (χ1v) is 6.09. The number of carbonyl (C=O) groups is 1. The zero-order valence-electron chi connectivity index (χ0n) is 10.7. The number of H-pyrrole nitrogens is 1. The van der Waals surface area contributed by atoms with Crippen molar-refractivity contribution >= 4 is 5.97 Å². The molecule has 0 aliphatic rings. The third-order valence-electron chi connectivity index (χ3n) is 2.61. The van der Waals surface area contributed by atoms with Crippen LogP contribution in [0.3, 0.4) is 0 Å². The van der Waals surface area contributed by atoms with Crippen molar-refractivity contribution in [2.75, 3.05) is 0 Å². The van der Waals surface area contributed by atoms with E-state index in [2.05, 4.69) is 58.5 Å². The molecule has 3 rings (SSSR count). The third-order valence-corrected chi connectivity index (χ3v) is 2.61. The van der Waals surface area contributed by atoms with Crippen molar-refractivity contribution in [2.45, 2.75) is 0 Å². The summed E-state index contributed by atoms with van der Waals surface area (Å²) in [7, 11) is 0. The summed E-state index contributed by atoms with van der Waals surface area (Å²) in [5.74, 6) is -0.984. The number of rotatable bonds is 2. The summed E-state index contributed by atoms with van der Waals surface area (Å²) in [6, 6.07) is 20.8. The zero-order chi connectivity index (χ0) is 14.2. The molecule has 0 aliphatic carbocycles. The zero-order valence-corrected chi connectivity index (χ0v) is 10.7. The molecule has 0 fully saturated rings. The normalized spacial score (nSPS) is 9.40. The molecule has 20 heavy (non-hydrogen) atoms. The predicted octanol–water partition coefficient (Wildman–Crippen LogP) is 3.46. The van der Waals surface area contributed by atoms with Crippen molar-refractivity contribution in [1.29, 1.82) is 0 Å². The number of hydrogen-bond acceptors (Lipinski definition) is 2. The van der Waals surface area contributed by atoms with Crippen molar-refractivity contribution < 1.29 is 9.90 Å². The Morgan fingerprint density at radius 2 is 1.40 bits per heavy atom. The highest BCUT2D eigenvalue weighted by molar-refractivity contribution is 5.84. The van der Waals surface area contributed by atoms with Crippen molar-refractivity contribution in [3.05, 3.63) is 78.9 Å². The molecule has 4 nitrogen and oxygen atoms in total. The van der Waals surface area contributed by atoms with Crippen LogP contribution in [0.15, 0.2) is 73.2 Å². The summed E-state index contributed by atoms with van der Waals surface area (Å²) < 4.78 is 0. The van der Waals surface area contributed by atoms with Gasteiger partial charge in [-0.3, -0.25) is 0 Å². The van der Waals surface area contributed by atoms with Gasteiger partial charge in [0.25, 0.3) is 0 Å². The highest BCUT2D eigenvalue weighted by Gasteiger charge is 1.99. The van der Waals surface area contributed by atoms with E-state index < -0.39 is 5.97 Å². The van der Waals surface area contributed by atoms with Crippen molar-refractivity contribution in [3.63, 3.8) is 0 Å². The molecule has 0 bridgehead atoms. The van der Waals surface area contributed by atoms with Crippen LogP contribution in [0.5, 0.6) is 0 Å². The van der Waals surface area contributed by atoms with Gasteiger partial charge in [-0.2, -0.15) is 0 Å². The number of aromatic carboxylic acids is 1. The first-order chi connectivity index (χ1) is 9.77. The monoisotopic (exact) mass is 266 g/mol. The first kappa shape index (κ1) is 13.5. The average molecular weight is 266 g/mol. The Balaban J connectivity index is 0.000000160. The van der Waals surface area contributed by atoms with Crippen LogP contribution in [0.4, 0.5) is 0 Å². The number of aromatic nitrogens is 2. The lowest BCUT2D eigenvalue weighted by Crippen LogP contribution is -1.94. The number of aromatic amines is 1. The van der Waals surface area contributed by atoms with Crippen LogP contribution < -0.4 is 0 Å². The Morgan fingerprint density at radius 3 is 1.70 bits per heavy atom.